The van der Waals surface area contributed by atoms with Crippen molar-refractivity contribution >= 4 is 16.5 Å². The molecule has 1 fully saturated rings. The molecule has 1 aromatic carbocycles. The lowest BCUT2D eigenvalue weighted by molar-refractivity contribution is 0.286. The smallest absolute Gasteiger partial charge is 0.186 e. The molecule has 0 aliphatic carbocycles. The van der Waals surface area contributed by atoms with Crippen LogP contribution in [0, 0.1) is 5.92 Å². The van der Waals surface area contributed by atoms with E-state index in [-0.39, 0.29) is 6.61 Å². The van der Waals surface area contributed by atoms with E-state index in [9.17, 15) is 5.11 Å². The van der Waals surface area contributed by atoms with Crippen molar-refractivity contribution in [2.45, 2.75) is 32.8 Å². The molecule has 1 aliphatic rings. The molecule has 1 N–H and O–H groups in total. The quantitative estimate of drug-likeness (QED) is 0.929. The Morgan fingerprint density at radius 3 is 2.86 bits per heavy atom. The van der Waals surface area contributed by atoms with Gasteiger partial charge in [-0.05, 0) is 18.8 Å². The van der Waals surface area contributed by atoms with Gasteiger partial charge in [0.2, 0.25) is 0 Å². The molecule has 0 spiro atoms. The minimum absolute atomic E-state index is 0.0624. The zero-order valence-electron chi connectivity index (χ0n) is 12.5. The highest BCUT2D eigenvalue weighted by molar-refractivity contribution is 7.16. The van der Waals surface area contributed by atoms with E-state index in [2.05, 4.69) is 24.0 Å². The van der Waals surface area contributed by atoms with Gasteiger partial charge in [-0.2, -0.15) is 0 Å². The third kappa shape index (κ3) is 3.11. The van der Waals surface area contributed by atoms with Crippen molar-refractivity contribution in [2.75, 3.05) is 18.0 Å². The second-order valence-corrected chi connectivity index (χ2v) is 6.72. The second kappa shape index (κ2) is 6.58. The van der Waals surface area contributed by atoms with Gasteiger partial charge in [-0.1, -0.05) is 55.0 Å². The molecule has 1 aliphatic heterocycles. The fourth-order valence-corrected chi connectivity index (χ4v) is 3.95. The molecule has 0 saturated carbocycles. The van der Waals surface area contributed by atoms with E-state index in [0.29, 0.717) is 0 Å². The minimum Gasteiger partial charge on any atom is -0.391 e. The number of hydrogen-bond acceptors (Lipinski definition) is 4. The molecule has 4 heteroatoms. The van der Waals surface area contributed by atoms with Gasteiger partial charge in [0, 0.05) is 18.7 Å². The van der Waals surface area contributed by atoms with Gasteiger partial charge >= 0.3 is 0 Å². The van der Waals surface area contributed by atoms with Crippen LogP contribution in [0.5, 0.6) is 0 Å². The summed E-state index contributed by atoms with van der Waals surface area (Å²) < 4.78 is 0. The molecule has 2 aromatic rings. The van der Waals surface area contributed by atoms with Crippen LogP contribution in [-0.4, -0.2) is 23.2 Å². The largest absolute Gasteiger partial charge is 0.391 e. The van der Waals surface area contributed by atoms with Crippen LogP contribution >= 0.6 is 11.3 Å². The van der Waals surface area contributed by atoms with Gasteiger partial charge in [-0.3, -0.25) is 0 Å². The zero-order chi connectivity index (χ0) is 14.7. The Labute approximate surface area is 130 Å². The van der Waals surface area contributed by atoms with Crippen LogP contribution in [0.2, 0.25) is 0 Å². The van der Waals surface area contributed by atoms with Gasteiger partial charge < -0.3 is 10.0 Å². The molecule has 1 unspecified atom stereocenters. The van der Waals surface area contributed by atoms with Gasteiger partial charge in [0.1, 0.15) is 0 Å². The Balaban J connectivity index is 1.89. The molecular weight excluding hydrogens is 280 g/mol. The lowest BCUT2D eigenvalue weighted by atomic mass is 9.96. The molecule has 2 heterocycles. The summed E-state index contributed by atoms with van der Waals surface area (Å²) in [6.07, 6.45) is 3.81. The molecule has 0 radical (unpaired) electrons. The van der Waals surface area contributed by atoms with Crippen LogP contribution < -0.4 is 4.90 Å². The van der Waals surface area contributed by atoms with Crippen molar-refractivity contribution in [2.24, 2.45) is 5.92 Å². The minimum atomic E-state index is 0.0624. The summed E-state index contributed by atoms with van der Waals surface area (Å²) in [6, 6.07) is 10.2. The van der Waals surface area contributed by atoms with E-state index in [4.69, 9.17) is 4.98 Å². The van der Waals surface area contributed by atoms with E-state index >= 15 is 0 Å². The highest BCUT2D eigenvalue weighted by Gasteiger charge is 2.22. The van der Waals surface area contributed by atoms with Crippen LogP contribution in [0.25, 0.3) is 11.3 Å². The monoisotopic (exact) mass is 302 g/mol. The Kier molecular flexibility index (Phi) is 4.56. The molecule has 21 heavy (non-hydrogen) atoms. The van der Waals surface area contributed by atoms with Crippen LogP contribution in [-0.2, 0) is 6.61 Å². The molecule has 112 valence electrons. The number of aromatic nitrogens is 1. The maximum absolute atomic E-state index is 9.64. The van der Waals surface area contributed by atoms with Crippen molar-refractivity contribution < 1.29 is 5.11 Å². The SMILES string of the molecule is CCC1CCCN(c2nc(-c3ccccc3)c(CO)s2)C1. The fourth-order valence-electron chi connectivity index (χ4n) is 2.98. The Bertz CT molecular complexity index is 582. The van der Waals surface area contributed by atoms with Gasteiger partial charge in [-0.15, -0.1) is 0 Å². The van der Waals surface area contributed by atoms with E-state index in [0.717, 1.165) is 40.3 Å². The van der Waals surface area contributed by atoms with Crippen molar-refractivity contribution in [1.82, 2.24) is 4.98 Å². The Morgan fingerprint density at radius 2 is 2.14 bits per heavy atom. The third-order valence-electron chi connectivity index (χ3n) is 4.24. The predicted octanol–water partition coefficient (Wildman–Crippen LogP) is 3.93. The van der Waals surface area contributed by atoms with Gasteiger partial charge in [0.05, 0.1) is 17.2 Å². The lowest BCUT2D eigenvalue weighted by Gasteiger charge is -2.31. The summed E-state index contributed by atoms with van der Waals surface area (Å²) in [7, 11) is 0. The maximum Gasteiger partial charge on any atom is 0.186 e. The standard InChI is InChI=1S/C17H22N2OS/c1-2-13-7-6-10-19(11-13)17-18-16(15(12-20)21-17)14-8-4-3-5-9-14/h3-5,8-9,13,20H,2,6-7,10-12H2,1H3. The third-order valence-corrected chi connectivity index (χ3v) is 5.34. The van der Waals surface area contributed by atoms with E-state index in [1.165, 1.54) is 19.3 Å². The average molecular weight is 302 g/mol. The summed E-state index contributed by atoms with van der Waals surface area (Å²) in [5.41, 5.74) is 2.03. The molecule has 1 atom stereocenters. The Morgan fingerprint density at radius 1 is 1.33 bits per heavy atom. The van der Waals surface area contributed by atoms with E-state index < -0.39 is 0 Å². The summed E-state index contributed by atoms with van der Waals surface area (Å²) in [5.74, 6) is 0.778. The summed E-state index contributed by atoms with van der Waals surface area (Å²) >= 11 is 1.64. The van der Waals surface area contributed by atoms with Gasteiger partial charge in [0.25, 0.3) is 0 Å². The lowest BCUT2D eigenvalue weighted by Crippen LogP contribution is -2.35. The number of benzene rings is 1. The van der Waals surface area contributed by atoms with Crippen molar-refractivity contribution in [3.8, 4) is 11.3 Å². The highest BCUT2D eigenvalue weighted by Crippen LogP contribution is 2.35. The van der Waals surface area contributed by atoms with E-state index in [1.54, 1.807) is 11.3 Å². The van der Waals surface area contributed by atoms with Gasteiger partial charge in [-0.25, -0.2) is 4.98 Å². The molecule has 1 saturated heterocycles. The number of piperidine rings is 1. The predicted molar refractivity (Wildman–Crippen MR) is 88.7 cm³/mol. The zero-order valence-corrected chi connectivity index (χ0v) is 13.3. The fraction of sp³-hybridized carbons (Fsp3) is 0.471. The second-order valence-electron chi connectivity index (χ2n) is 5.65. The molecule has 3 rings (SSSR count). The van der Waals surface area contributed by atoms with Gasteiger partial charge in [0.15, 0.2) is 5.13 Å². The molecule has 0 bridgehead atoms. The van der Waals surface area contributed by atoms with Crippen LogP contribution in [0.4, 0.5) is 5.13 Å². The molecule has 0 amide bonds. The van der Waals surface area contributed by atoms with Crippen molar-refractivity contribution in [3.63, 3.8) is 0 Å². The van der Waals surface area contributed by atoms with Crippen LogP contribution in [0.1, 0.15) is 31.1 Å². The molecule has 1 aromatic heterocycles. The first kappa shape index (κ1) is 14.5. The van der Waals surface area contributed by atoms with Crippen LogP contribution in [0.3, 0.4) is 0 Å². The topological polar surface area (TPSA) is 36.4 Å². The van der Waals surface area contributed by atoms with Crippen molar-refractivity contribution in [3.05, 3.63) is 35.2 Å². The summed E-state index contributed by atoms with van der Waals surface area (Å²) in [5, 5.41) is 10.7. The summed E-state index contributed by atoms with van der Waals surface area (Å²) in [4.78, 5) is 8.19. The van der Waals surface area contributed by atoms with Crippen LogP contribution in [0.15, 0.2) is 30.3 Å². The molecular formula is C17H22N2OS. The first-order valence-corrected chi connectivity index (χ1v) is 8.54. The normalized spacial score (nSPS) is 19.0. The molecule has 3 nitrogen and oxygen atoms in total. The van der Waals surface area contributed by atoms with Crippen molar-refractivity contribution in [1.29, 1.82) is 0 Å². The highest BCUT2D eigenvalue weighted by atomic mass is 32.1. The number of rotatable bonds is 4. The first-order valence-electron chi connectivity index (χ1n) is 7.72. The first-order chi connectivity index (χ1) is 10.3. The number of nitrogens with zero attached hydrogens (tertiary/aromatic N) is 2. The average Bonchev–Trinajstić information content (AvgIpc) is 3.00. The number of aliphatic hydroxyl groups excluding tert-OH is 1. The van der Waals surface area contributed by atoms with E-state index in [1.807, 2.05) is 18.2 Å². The number of hydrogen-bond donors (Lipinski definition) is 1. The maximum atomic E-state index is 9.64. The Hall–Kier alpha value is -1.39. The number of aliphatic hydroxyl groups is 1. The summed E-state index contributed by atoms with van der Waals surface area (Å²) in [6.45, 7) is 4.52. The number of anilines is 1. The number of thiazole rings is 1.